The first kappa shape index (κ1) is 18.8. The number of hydrogen-bond donors (Lipinski definition) is 1. The van der Waals surface area contributed by atoms with Crippen LogP contribution in [0.1, 0.15) is 31.9 Å². The summed E-state index contributed by atoms with van der Waals surface area (Å²) in [6.07, 6.45) is 1.74. The van der Waals surface area contributed by atoms with Gasteiger partial charge in [0.25, 0.3) is 0 Å². The third-order valence-electron chi connectivity index (χ3n) is 4.43. The highest BCUT2D eigenvalue weighted by Crippen LogP contribution is 2.41. The molecular formula is C23H26N2O2. The van der Waals surface area contributed by atoms with E-state index in [1.807, 2.05) is 48.5 Å². The van der Waals surface area contributed by atoms with E-state index in [1.54, 1.807) is 13.3 Å². The summed E-state index contributed by atoms with van der Waals surface area (Å²) in [5, 5.41) is 0. The molecule has 0 aliphatic rings. The minimum absolute atomic E-state index is 0.108. The van der Waals surface area contributed by atoms with Crippen LogP contribution in [0, 0.1) is 0 Å². The Balaban J connectivity index is 2.01. The van der Waals surface area contributed by atoms with Gasteiger partial charge in [-0.1, -0.05) is 51.1 Å². The van der Waals surface area contributed by atoms with Gasteiger partial charge in [0.05, 0.1) is 12.8 Å². The van der Waals surface area contributed by atoms with E-state index in [0.29, 0.717) is 18.2 Å². The van der Waals surface area contributed by atoms with Gasteiger partial charge in [0.2, 0.25) is 5.88 Å². The van der Waals surface area contributed by atoms with Gasteiger partial charge in [-0.05, 0) is 40.8 Å². The smallest absolute Gasteiger partial charge is 0.221 e. The van der Waals surface area contributed by atoms with Gasteiger partial charge in [0, 0.05) is 17.3 Å². The lowest BCUT2D eigenvalue weighted by Crippen LogP contribution is -2.14. The van der Waals surface area contributed by atoms with Crippen LogP contribution in [-0.4, -0.2) is 12.1 Å². The molecule has 0 fully saturated rings. The second kappa shape index (κ2) is 7.70. The monoisotopic (exact) mass is 362 g/mol. The Kier molecular flexibility index (Phi) is 5.36. The first-order valence-electron chi connectivity index (χ1n) is 9.00. The van der Waals surface area contributed by atoms with E-state index in [0.717, 1.165) is 28.0 Å². The summed E-state index contributed by atoms with van der Waals surface area (Å²) in [6, 6.07) is 18.0. The second-order valence-electron chi connectivity index (χ2n) is 7.53. The van der Waals surface area contributed by atoms with Crippen molar-refractivity contribution in [2.75, 3.05) is 12.8 Å². The molecule has 4 nitrogen and oxygen atoms in total. The van der Waals surface area contributed by atoms with Crippen molar-refractivity contribution in [1.82, 2.24) is 4.98 Å². The Morgan fingerprint density at radius 2 is 1.74 bits per heavy atom. The van der Waals surface area contributed by atoms with Gasteiger partial charge >= 0.3 is 0 Å². The van der Waals surface area contributed by atoms with E-state index in [9.17, 15) is 0 Å². The molecule has 3 aromatic rings. The van der Waals surface area contributed by atoms with Crippen LogP contribution in [0.2, 0.25) is 0 Å². The maximum Gasteiger partial charge on any atom is 0.221 e. The van der Waals surface area contributed by atoms with Crippen molar-refractivity contribution in [3.05, 3.63) is 71.9 Å². The van der Waals surface area contributed by atoms with E-state index in [2.05, 4.69) is 31.8 Å². The summed E-state index contributed by atoms with van der Waals surface area (Å²) in [5.41, 5.74) is 10.8. The summed E-state index contributed by atoms with van der Waals surface area (Å²) in [4.78, 5) is 4.44. The number of rotatable bonds is 5. The number of nitrogens with zero attached hydrogens (tertiary/aromatic N) is 1. The van der Waals surface area contributed by atoms with Crippen molar-refractivity contribution in [3.63, 3.8) is 0 Å². The molecule has 1 aromatic heterocycles. The highest BCUT2D eigenvalue weighted by atomic mass is 16.5. The quantitative estimate of drug-likeness (QED) is 0.633. The van der Waals surface area contributed by atoms with Gasteiger partial charge in [0.15, 0.2) is 0 Å². The highest BCUT2D eigenvalue weighted by Gasteiger charge is 2.23. The van der Waals surface area contributed by atoms with Crippen LogP contribution in [0.25, 0.3) is 11.1 Å². The van der Waals surface area contributed by atoms with Gasteiger partial charge in [-0.3, -0.25) is 0 Å². The molecular weight excluding hydrogens is 336 g/mol. The van der Waals surface area contributed by atoms with Crippen LogP contribution in [0.5, 0.6) is 11.6 Å². The van der Waals surface area contributed by atoms with Crippen molar-refractivity contribution in [3.8, 4) is 22.8 Å². The molecule has 0 bridgehead atoms. The predicted octanol–water partition coefficient (Wildman–Crippen LogP) is 5.22. The Labute approximate surface area is 161 Å². The maximum absolute atomic E-state index is 6.30. The van der Waals surface area contributed by atoms with Crippen LogP contribution < -0.4 is 15.2 Å². The Bertz CT molecular complexity index is 915. The van der Waals surface area contributed by atoms with E-state index >= 15 is 0 Å². The topological polar surface area (TPSA) is 57.4 Å². The third kappa shape index (κ3) is 4.22. The molecule has 0 atom stereocenters. The molecule has 27 heavy (non-hydrogen) atoms. The molecule has 0 saturated carbocycles. The lowest BCUT2D eigenvalue weighted by Gasteiger charge is -2.24. The molecule has 1 heterocycles. The second-order valence-corrected chi connectivity index (χ2v) is 7.53. The number of methoxy groups -OCH3 is 1. The fourth-order valence-corrected chi connectivity index (χ4v) is 3.04. The largest absolute Gasteiger partial charge is 0.494 e. The van der Waals surface area contributed by atoms with Crippen molar-refractivity contribution in [2.45, 2.75) is 32.8 Å². The summed E-state index contributed by atoms with van der Waals surface area (Å²) in [5.74, 6) is 1.31. The minimum Gasteiger partial charge on any atom is -0.494 e. The van der Waals surface area contributed by atoms with Gasteiger partial charge in [0.1, 0.15) is 12.4 Å². The molecule has 0 spiro atoms. The molecule has 0 aliphatic heterocycles. The van der Waals surface area contributed by atoms with E-state index < -0.39 is 0 Å². The number of nitrogens with two attached hydrogens (primary N) is 1. The number of anilines is 1. The van der Waals surface area contributed by atoms with Crippen LogP contribution in [-0.2, 0) is 12.0 Å². The number of ether oxygens (including phenoxy) is 2. The van der Waals surface area contributed by atoms with Crippen LogP contribution in [0.3, 0.4) is 0 Å². The van der Waals surface area contributed by atoms with Gasteiger partial charge in [-0.15, -0.1) is 0 Å². The molecule has 0 aliphatic carbocycles. The lowest BCUT2D eigenvalue weighted by molar-refractivity contribution is 0.295. The molecule has 3 rings (SSSR count). The zero-order valence-electron chi connectivity index (χ0n) is 16.3. The Hall–Kier alpha value is -3.01. The number of nitrogen functional groups attached to an aromatic ring is 1. The molecule has 2 aromatic carbocycles. The van der Waals surface area contributed by atoms with Crippen molar-refractivity contribution >= 4 is 5.69 Å². The van der Waals surface area contributed by atoms with Crippen LogP contribution in [0.15, 0.2) is 60.8 Å². The molecule has 0 radical (unpaired) electrons. The van der Waals surface area contributed by atoms with Gasteiger partial charge < -0.3 is 15.2 Å². The van der Waals surface area contributed by atoms with E-state index in [1.165, 1.54) is 0 Å². The minimum atomic E-state index is -0.108. The third-order valence-corrected chi connectivity index (χ3v) is 4.43. The molecule has 4 heteroatoms. The SMILES string of the molecule is COc1c(N)cc(-c2cccnc2OCc2ccccc2)cc1C(C)(C)C. The van der Waals surface area contributed by atoms with Crippen LogP contribution in [0.4, 0.5) is 5.69 Å². The lowest BCUT2D eigenvalue weighted by atomic mass is 9.84. The van der Waals surface area contributed by atoms with Gasteiger partial charge in [-0.2, -0.15) is 0 Å². The fraction of sp³-hybridized carbons (Fsp3) is 0.261. The average molecular weight is 362 g/mol. The summed E-state index contributed by atoms with van der Waals surface area (Å²) in [6.45, 7) is 6.89. The molecule has 140 valence electrons. The molecule has 2 N–H and O–H groups in total. The molecule has 0 amide bonds. The number of benzene rings is 2. The van der Waals surface area contributed by atoms with Crippen molar-refractivity contribution in [2.24, 2.45) is 0 Å². The predicted molar refractivity (Wildman–Crippen MR) is 110 cm³/mol. The zero-order valence-corrected chi connectivity index (χ0v) is 16.3. The molecule has 0 saturated heterocycles. The number of pyridine rings is 1. The first-order valence-corrected chi connectivity index (χ1v) is 9.00. The Morgan fingerprint density at radius 1 is 1.00 bits per heavy atom. The number of hydrogen-bond acceptors (Lipinski definition) is 4. The number of aromatic nitrogens is 1. The first-order chi connectivity index (χ1) is 12.9. The fourth-order valence-electron chi connectivity index (χ4n) is 3.04. The Morgan fingerprint density at radius 3 is 2.41 bits per heavy atom. The summed E-state index contributed by atoms with van der Waals surface area (Å²) < 4.78 is 11.6. The molecule has 0 unspecified atom stereocenters. The normalized spacial score (nSPS) is 11.3. The zero-order chi connectivity index (χ0) is 19.4. The van der Waals surface area contributed by atoms with Crippen molar-refractivity contribution in [1.29, 1.82) is 0 Å². The standard InChI is InChI=1S/C23H26N2O2/c1-23(2,3)19-13-17(14-20(24)21(19)26-4)18-11-8-12-25-22(18)27-15-16-9-6-5-7-10-16/h5-14H,15,24H2,1-4H3. The summed E-state index contributed by atoms with van der Waals surface area (Å²) >= 11 is 0. The van der Waals surface area contributed by atoms with Crippen molar-refractivity contribution < 1.29 is 9.47 Å². The van der Waals surface area contributed by atoms with Crippen LogP contribution >= 0.6 is 0 Å². The van der Waals surface area contributed by atoms with E-state index in [4.69, 9.17) is 15.2 Å². The van der Waals surface area contributed by atoms with Gasteiger partial charge in [-0.25, -0.2) is 4.98 Å². The average Bonchev–Trinajstić information content (AvgIpc) is 2.66. The summed E-state index contributed by atoms with van der Waals surface area (Å²) in [7, 11) is 1.65. The van der Waals surface area contributed by atoms with E-state index in [-0.39, 0.29) is 5.41 Å². The highest BCUT2D eigenvalue weighted by molar-refractivity contribution is 5.76. The maximum atomic E-state index is 6.30.